The molecule has 0 atom stereocenters. The lowest BCUT2D eigenvalue weighted by atomic mass is 10.0. The summed E-state index contributed by atoms with van der Waals surface area (Å²) in [7, 11) is 0. The van der Waals surface area contributed by atoms with E-state index in [0.29, 0.717) is 0 Å². The van der Waals surface area contributed by atoms with Crippen molar-refractivity contribution in [2.45, 2.75) is 0 Å². The molecule has 7 aromatic carbocycles. The van der Waals surface area contributed by atoms with Gasteiger partial charge in [-0.15, -0.1) is 0 Å². The lowest BCUT2D eigenvalue weighted by molar-refractivity contribution is 1.10. The molecular formula is C49H32N4. The van der Waals surface area contributed by atoms with Gasteiger partial charge in [0.2, 0.25) is 0 Å². The van der Waals surface area contributed by atoms with Gasteiger partial charge < -0.3 is 9.13 Å². The molecule has 0 fully saturated rings. The molecule has 248 valence electrons. The van der Waals surface area contributed by atoms with Crippen molar-refractivity contribution in [3.8, 4) is 45.0 Å². The number of nitrogens with zero attached hydrogens (tertiary/aromatic N) is 4. The monoisotopic (exact) mass is 676 g/mol. The third-order valence-electron chi connectivity index (χ3n) is 10.6. The molecular weight excluding hydrogens is 645 g/mol. The van der Waals surface area contributed by atoms with Crippen LogP contribution in [0.15, 0.2) is 194 Å². The van der Waals surface area contributed by atoms with Crippen molar-refractivity contribution in [2.24, 2.45) is 0 Å². The van der Waals surface area contributed by atoms with E-state index in [1.54, 1.807) is 0 Å². The molecule has 0 N–H and O–H groups in total. The van der Waals surface area contributed by atoms with Crippen LogP contribution in [0, 0.1) is 0 Å². The topological polar surface area (TPSA) is 27.2 Å². The molecule has 0 unspecified atom stereocenters. The van der Waals surface area contributed by atoms with Crippen LogP contribution in [0.25, 0.3) is 94.3 Å². The van der Waals surface area contributed by atoms with Crippen LogP contribution < -0.4 is 0 Å². The van der Waals surface area contributed by atoms with Crippen molar-refractivity contribution >= 4 is 49.3 Å². The Bertz CT molecular complexity index is 3150. The predicted octanol–water partition coefficient (Wildman–Crippen LogP) is 12.5. The molecule has 11 aromatic rings. The number of benzene rings is 7. The summed E-state index contributed by atoms with van der Waals surface area (Å²) < 4.78 is 7.01. The van der Waals surface area contributed by atoms with Crippen LogP contribution in [0.2, 0.25) is 0 Å². The quantitative estimate of drug-likeness (QED) is 0.178. The normalized spacial score (nSPS) is 11.8. The van der Waals surface area contributed by atoms with Crippen LogP contribution in [0.1, 0.15) is 0 Å². The number of fused-ring (bicyclic) bond motifs is 7. The fourth-order valence-corrected chi connectivity index (χ4v) is 8.27. The molecule has 4 heterocycles. The molecule has 0 aliphatic heterocycles. The van der Waals surface area contributed by atoms with Gasteiger partial charge >= 0.3 is 0 Å². The SMILES string of the molecule is c1ccc(-c2nc3ccc(-n4c5ccccc5c5cc(-c6ccc7c(c6)c6ccccc6n7-c6ccccc6)ccc54)cn3c2-c2ccccc2)cc1. The fraction of sp³-hybridized carbons (Fsp3) is 0. The van der Waals surface area contributed by atoms with Crippen LogP contribution in [0.4, 0.5) is 0 Å². The van der Waals surface area contributed by atoms with Gasteiger partial charge in [-0.05, 0) is 71.8 Å². The number of imidazole rings is 1. The third kappa shape index (κ3) is 4.59. The molecule has 4 nitrogen and oxygen atoms in total. The molecule has 0 aliphatic rings. The first kappa shape index (κ1) is 29.5. The molecule has 4 heteroatoms. The van der Waals surface area contributed by atoms with Gasteiger partial charge in [0.15, 0.2) is 0 Å². The van der Waals surface area contributed by atoms with E-state index in [1.807, 2.05) is 0 Å². The Morgan fingerprint density at radius 2 is 0.830 bits per heavy atom. The second kappa shape index (κ2) is 11.7. The number of hydrogen-bond donors (Lipinski definition) is 0. The molecule has 0 bridgehead atoms. The van der Waals surface area contributed by atoms with E-state index in [0.717, 1.165) is 33.8 Å². The minimum Gasteiger partial charge on any atom is -0.309 e. The molecule has 0 saturated heterocycles. The lowest BCUT2D eigenvalue weighted by Crippen LogP contribution is -1.98. The fourth-order valence-electron chi connectivity index (χ4n) is 8.27. The molecule has 0 saturated carbocycles. The largest absolute Gasteiger partial charge is 0.309 e. The molecule has 4 aromatic heterocycles. The summed E-state index contributed by atoms with van der Waals surface area (Å²) in [4.78, 5) is 5.16. The van der Waals surface area contributed by atoms with Crippen molar-refractivity contribution in [3.63, 3.8) is 0 Å². The summed E-state index contributed by atoms with van der Waals surface area (Å²) in [6, 6.07) is 67.3. The average molecular weight is 677 g/mol. The maximum Gasteiger partial charge on any atom is 0.138 e. The number of para-hydroxylation sites is 3. The van der Waals surface area contributed by atoms with Gasteiger partial charge in [-0.2, -0.15) is 0 Å². The van der Waals surface area contributed by atoms with Gasteiger partial charge in [0, 0.05) is 44.6 Å². The minimum atomic E-state index is 0.915. The maximum atomic E-state index is 5.16. The van der Waals surface area contributed by atoms with Crippen molar-refractivity contribution in [3.05, 3.63) is 194 Å². The highest BCUT2D eigenvalue weighted by Crippen LogP contribution is 2.39. The number of pyridine rings is 1. The molecule has 0 spiro atoms. The number of hydrogen-bond acceptors (Lipinski definition) is 1. The first-order chi connectivity index (χ1) is 26.3. The molecule has 0 aliphatic carbocycles. The Kier molecular flexibility index (Phi) is 6.52. The summed E-state index contributed by atoms with van der Waals surface area (Å²) in [5.41, 5.74) is 14.6. The van der Waals surface area contributed by atoms with Gasteiger partial charge in [-0.1, -0.05) is 127 Å². The first-order valence-corrected chi connectivity index (χ1v) is 18.1. The van der Waals surface area contributed by atoms with E-state index >= 15 is 0 Å². The Hall–Kier alpha value is -7.17. The van der Waals surface area contributed by atoms with E-state index < -0.39 is 0 Å². The van der Waals surface area contributed by atoms with Crippen molar-refractivity contribution < 1.29 is 0 Å². The van der Waals surface area contributed by atoms with E-state index in [9.17, 15) is 0 Å². The third-order valence-corrected chi connectivity index (χ3v) is 10.6. The Labute approximate surface area is 306 Å². The first-order valence-electron chi connectivity index (χ1n) is 18.1. The zero-order valence-corrected chi connectivity index (χ0v) is 28.8. The van der Waals surface area contributed by atoms with E-state index in [1.165, 1.54) is 60.4 Å². The Balaban J connectivity index is 1.10. The van der Waals surface area contributed by atoms with Gasteiger partial charge in [0.25, 0.3) is 0 Å². The van der Waals surface area contributed by atoms with Crippen LogP contribution in [-0.4, -0.2) is 18.5 Å². The van der Waals surface area contributed by atoms with Gasteiger partial charge in [-0.3, -0.25) is 4.40 Å². The second-order valence-electron chi connectivity index (χ2n) is 13.7. The summed E-state index contributed by atoms with van der Waals surface area (Å²) in [6.07, 6.45) is 2.24. The predicted molar refractivity (Wildman–Crippen MR) is 220 cm³/mol. The highest BCUT2D eigenvalue weighted by atomic mass is 15.1. The summed E-state index contributed by atoms with van der Waals surface area (Å²) >= 11 is 0. The van der Waals surface area contributed by atoms with E-state index in [2.05, 4.69) is 208 Å². The molecule has 53 heavy (non-hydrogen) atoms. The zero-order valence-electron chi connectivity index (χ0n) is 28.8. The molecule has 0 radical (unpaired) electrons. The van der Waals surface area contributed by atoms with Crippen LogP contribution in [-0.2, 0) is 0 Å². The second-order valence-corrected chi connectivity index (χ2v) is 13.7. The highest BCUT2D eigenvalue weighted by Gasteiger charge is 2.19. The van der Waals surface area contributed by atoms with E-state index in [-0.39, 0.29) is 0 Å². The Morgan fingerprint density at radius 1 is 0.340 bits per heavy atom. The minimum absolute atomic E-state index is 0.915. The van der Waals surface area contributed by atoms with Crippen LogP contribution in [0.3, 0.4) is 0 Å². The lowest BCUT2D eigenvalue weighted by Gasteiger charge is -2.11. The maximum absolute atomic E-state index is 5.16. The molecule has 11 rings (SSSR count). The van der Waals surface area contributed by atoms with E-state index in [4.69, 9.17) is 4.98 Å². The number of aromatic nitrogens is 4. The van der Waals surface area contributed by atoms with Crippen molar-refractivity contribution in [1.29, 1.82) is 0 Å². The zero-order chi connectivity index (χ0) is 34.9. The smallest absolute Gasteiger partial charge is 0.138 e. The van der Waals surface area contributed by atoms with Gasteiger partial charge in [0.1, 0.15) is 5.65 Å². The van der Waals surface area contributed by atoms with Gasteiger partial charge in [0.05, 0.1) is 39.1 Å². The summed E-state index contributed by atoms with van der Waals surface area (Å²) in [6.45, 7) is 0. The van der Waals surface area contributed by atoms with Crippen LogP contribution >= 0.6 is 0 Å². The summed E-state index contributed by atoms with van der Waals surface area (Å²) in [5, 5.41) is 4.96. The van der Waals surface area contributed by atoms with Crippen molar-refractivity contribution in [2.75, 3.05) is 0 Å². The standard InChI is InChI=1S/C49H32N4/c1-4-14-33(15-5-1)48-49(34-16-6-2-7-17-34)51-32-38(26-29-47(51)50-48)53-44-23-13-11-21-40(44)42-31-36(25-28-46(42)53)35-24-27-45-41(30-35)39-20-10-12-22-43(39)52(45)37-18-8-3-9-19-37/h1-32H. The summed E-state index contributed by atoms with van der Waals surface area (Å²) in [5.74, 6) is 0. The van der Waals surface area contributed by atoms with Crippen LogP contribution in [0.5, 0.6) is 0 Å². The average Bonchev–Trinajstić information content (AvgIpc) is 3.89. The molecule has 0 amide bonds. The van der Waals surface area contributed by atoms with Gasteiger partial charge in [-0.25, -0.2) is 4.98 Å². The number of rotatable bonds is 5. The Morgan fingerprint density at radius 3 is 1.43 bits per heavy atom. The highest BCUT2D eigenvalue weighted by molar-refractivity contribution is 6.12. The van der Waals surface area contributed by atoms with Crippen molar-refractivity contribution in [1.82, 2.24) is 18.5 Å².